The SMILES string of the molecule is CC(C)C1CCCCC1NC(=O)C1CCCC1O. The second kappa shape index (κ2) is 6.05. The van der Waals surface area contributed by atoms with Gasteiger partial charge in [-0.3, -0.25) is 4.79 Å². The molecule has 104 valence electrons. The summed E-state index contributed by atoms with van der Waals surface area (Å²) in [5.41, 5.74) is 0. The molecule has 0 bridgehead atoms. The van der Waals surface area contributed by atoms with E-state index in [1.165, 1.54) is 19.3 Å². The van der Waals surface area contributed by atoms with Crippen molar-refractivity contribution in [2.24, 2.45) is 17.8 Å². The van der Waals surface area contributed by atoms with Crippen molar-refractivity contribution in [3.63, 3.8) is 0 Å². The lowest BCUT2D eigenvalue weighted by Crippen LogP contribution is -2.47. The standard InChI is InChI=1S/C15H27NO2/c1-10(2)11-6-3-4-8-13(11)16-15(18)12-7-5-9-14(12)17/h10-14,17H,3-9H2,1-2H3,(H,16,18). The van der Waals surface area contributed by atoms with E-state index in [1.54, 1.807) is 0 Å². The minimum atomic E-state index is -0.411. The molecule has 3 nitrogen and oxygen atoms in total. The summed E-state index contributed by atoms with van der Waals surface area (Å²) >= 11 is 0. The van der Waals surface area contributed by atoms with Crippen LogP contribution < -0.4 is 5.32 Å². The van der Waals surface area contributed by atoms with Crippen LogP contribution in [-0.4, -0.2) is 23.2 Å². The summed E-state index contributed by atoms with van der Waals surface area (Å²) in [6.45, 7) is 4.50. The third-order valence-corrected chi connectivity index (χ3v) is 4.82. The van der Waals surface area contributed by atoms with Gasteiger partial charge in [0, 0.05) is 6.04 Å². The zero-order valence-electron chi connectivity index (χ0n) is 11.7. The predicted molar refractivity (Wildman–Crippen MR) is 72.1 cm³/mol. The van der Waals surface area contributed by atoms with Crippen molar-refractivity contribution >= 4 is 5.91 Å². The van der Waals surface area contributed by atoms with Crippen molar-refractivity contribution < 1.29 is 9.90 Å². The quantitative estimate of drug-likeness (QED) is 0.812. The minimum absolute atomic E-state index is 0.0950. The predicted octanol–water partition coefficient (Wildman–Crippen LogP) is 2.48. The largest absolute Gasteiger partial charge is 0.392 e. The lowest BCUT2D eigenvalue weighted by molar-refractivity contribution is -0.129. The first-order valence-electron chi connectivity index (χ1n) is 7.58. The molecule has 0 spiro atoms. The number of amides is 1. The molecule has 2 aliphatic carbocycles. The smallest absolute Gasteiger partial charge is 0.225 e. The van der Waals surface area contributed by atoms with E-state index in [9.17, 15) is 9.90 Å². The molecule has 2 aliphatic rings. The minimum Gasteiger partial charge on any atom is -0.392 e. The van der Waals surface area contributed by atoms with Crippen molar-refractivity contribution in [3.8, 4) is 0 Å². The first-order chi connectivity index (χ1) is 8.59. The molecule has 1 amide bonds. The number of carbonyl (C=O) groups is 1. The molecule has 0 radical (unpaired) electrons. The Morgan fingerprint density at radius 2 is 1.83 bits per heavy atom. The number of hydrogen-bond acceptors (Lipinski definition) is 2. The van der Waals surface area contributed by atoms with Gasteiger partial charge in [0.2, 0.25) is 5.91 Å². The van der Waals surface area contributed by atoms with Gasteiger partial charge in [0.25, 0.3) is 0 Å². The van der Waals surface area contributed by atoms with E-state index >= 15 is 0 Å². The van der Waals surface area contributed by atoms with Crippen LogP contribution in [0.4, 0.5) is 0 Å². The second-order valence-electron chi connectivity index (χ2n) is 6.41. The Bertz CT molecular complexity index is 290. The molecule has 0 aromatic carbocycles. The number of nitrogens with one attached hydrogen (secondary N) is 1. The van der Waals surface area contributed by atoms with Crippen LogP contribution in [0.15, 0.2) is 0 Å². The van der Waals surface area contributed by atoms with Gasteiger partial charge in [0.1, 0.15) is 0 Å². The maximum atomic E-state index is 12.2. The summed E-state index contributed by atoms with van der Waals surface area (Å²) in [5.74, 6) is 1.18. The van der Waals surface area contributed by atoms with Crippen LogP contribution in [0.3, 0.4) is 0 Å². The van der Waals surface area contributed by atoms with Crippen LogP contribution in [0.5, 0.6) is 0 Å². The van der Waals surface area contributed by atoms with Gasteiger partial charge in [0.05, 0.1) is 12.0 Å². The number of rotatable bonds is 3. The Morgan fingerprint density at radius 1 is 1.11 bits per heavy atom. The molecule has 0 aromatic heterocycles. The Morgan fingerprint density at radius 3 is 2.44 bits per heavy atom. The highest BCUT2D eigenvalue weighted by Crippen LogP contribution is 2.31. The summed E-state index contributed by atoms with van der Waals surface area (Å²) in [5, 5.41) is 13.0. The monoisotopic (exact) mass is 253 g/mol. The van der Waals surface area contributed by atoms with Gasteiger partial charge >= 0.3 is 0 Å². The van der Waals surface area contributed by atoms with E-state index < -0.39 is 6.10 Å². The van der Waals surface area contributed by atoms with Gasteiger partial charge in [0.15, 0.2) is 0 Å². The van der Waals surface area contributed by atoms with E-state index in [0.717, 1.165) is 25.7 Å². The van der Waals surface area contributed by atoms with Crippen LogP contribution in [0.2, 0.25) is 0 Å². The van der Waals surface area contributed by atoms with Gasteiger partial charge in [-0.1, -0.05) is 26.7 Å². The van der Waals surface area contributed by atoms with Crippen molar-refractivity contribution in [2.45, 2.75) is 70.9 Å². The van der Waals surface area contributed by atoms with Crippen LogP contribution in [0.1, 0.15) is 58.8 Å². The van der Waals surface area contributed by atoms with Crippen LogP contribution >= 0.6 is 0 Å². The summed E-state index contributed by atoms with van der Waals surface area (Å²) in [6.07, 6.45) is 7.07. The van der Waals surface area contributed by atoms with Crippen molar-refractivity contribution in [1.82, 2.24) is 5.32 Å². The zero-order chi connectivity index (χ0) is 13.1. The molecule has 18 heavy (non-hydrogen) atoms. The lowest BCUT2D eigenvalue weighted by Gasteiger charge is -2.35. The number of carbonyl (C=O) groups excluding carboxylic acids is 1. The Labute approximate surface area is 110 Å². The summed E-state index contributed by atoms with van der Waals surface area (Å²) in [4.78, 5) is 12.2. The highest BCUT2D eigenvalue weighted by atomic mass is 16.3. The average Bonchev–Trinajstić information content (AvgIpc) is 2.76. The van der Waals surface area contributed by atoms with Gasteiger partial charge in [-0.2, -0.15) is 0 Å². The van der Waals surface area contributed by atoms with Crippen molar-refractivity contribution in [1.29, 1.82) is 0 Å². The first-order valence-corrected chi connectivity index (χ1v) is 7.58. The molecule has 3 heteroatoms. The Balaban J connectivity index is 1.92. The second-order valence-corrected chi connectivity index (χ2v) is 6.41. The topological polar surface area (TPSA) is 49.3 Å². The molecule has 0 aromatic rings. The van der Waals surface area contributed by atoms with Crippen molar-refractivity contribution in [2.75, 3.05) is 0 Å². The molecule has 0 aliphatic heterocycles. The first kappa shape index (κ1) is 13.9. The fourth-order valence-corrected chi connectivity index (χ4v) is 3.67. The van der Waals surface area contributed by atoms with E-state index in [1.807, 2.05) is 0 Å². The molecule has 2 saturated carbocycles. The molecule has 4 unspecified atom stereocenters. The normalized spacial score (nSPS) is 36.9. The Hall–Kier alpha value is -0.570. The van der Waals surface area contributed by atoms with Gasteiger partial charge < -0.3 is 10.4 Å². The number of aliphatic hydroxyl groups is 1. The molecule has 2 rings (SSSR count). The summed E-state index contributed by atoms with van der Waals surface area (Å²) < 4.78 is 0. The summed E-state index contributed by atoms with van der Waals surface area (Å²) in [7, 11) is 0. The Kier molecular flexibility index (Phi) is 4.66. The third kappa shape index (κ3) is 3.05. The molecule has 4 atom stereocenters. The average molecular weight is 253 g/mol. The van der Waals surface area contributed by atoms with E-state index in [2.05, 4.69) is 19.2 Å². The van der Waals surface area contributed by atoms with E-state index in [0.29, 0.717) is 17.9 Å². The number of hydrogen-bond donors (Lipinski definition) is 2. The molecule has 0 saturated heterocycles. The maximum Gasteiger partial charge on any atom is 0.225 e. The van der Waals surface area contributed by atoms with E-state index in [4.69, 9.17) is 0 Å². The molecular weight excluding hydrogens is 226 g/mol. The van der Waals surface area contributed by atoms with Crippen LogP contribution in [-0.2, 0) is 4.79 Å². The fraction of sp³-hybridized carbons (Fsp3) is 0.933. The lowest BCUT2D eigenvalue weighted by atomic mass is 9.77. The highest BCUT2D eigenvalue weighted by Gasteiger charge is 2.35. The number of aliphatic hydroxyl groups excluding tert-OH is 1. The van der Waals surface area contributed by atoms with Gasteiger partial charge in [-0.05, 0) is 43.9 Å². The molecule has 0 heterocycles. The summed E-state index contributed by atoms with van der Waals surface area (Å²) in [6, 6.07) is 0.332. The zero-order valence-corrected chi connectivity index (χ0v) is 11.7. The van der Waals surface area contributed by atoms with Crippen LogP contribution in [0.25, 0.3) is 0 Å². The van der Waals surface area contributed by atoms with Gasteiger partial charge in [-0.25, -0.2) is 0 Å². The maximum absolute atomic E-state index is 12.2. The highest BCUT2D eigenvalue weighted by molar-refractivity contribution is 5.79. The molecule has 2 fully saturated rings. The van der Waals surface area contributed by atoms with Crippen molar-refractivity contribution in [3.05, 3.63) is 0 Å². The fourth-order valence-electron chi connectivity index (χ4n) is 3.67. The van der Waals surface area contributed by atoms with Gasteiger partial charge in [-0.15, -0.1) is 0 Å². The third-order valence-electron chi connectivity index (χ3n) is 4.82. The van der Waals surface area contributed by atoms with Crippen LogP contribution in [0, 0.1) is 17.8 Å². The van der Waals surface area contributed by atoms with E-state index in [-0.39, 0.29) is 11.8 Å². The molecular formula is C15H27NO2. The molecule has 2 N–H and O–H groups in total.